The topological polar surface area (TPSA) is 57.6 Å². The molecule has 3 rings (SSSR count). The number of carbonyl (C=O) groups is 1. The first kappa shape index (κ1) is 23.5. The molecule has 31 heavy (non-hydrogen) atoms. The van der Waals surface area contributed by atoms with Gasteiger partial charge in [0.15, 0.2) is 0 Å². The van der Waals surface area contributed by atoms with Crippen molar-refractivity contribution in [1.29, 1.82) is 0 Å². The Hall–Kier alpha value is -2.15. The minimum atomic E-state index is -0.265. The molecule has 1 saturated heterocycles. The number of amides is 1. The number of likely N-dealkylation sites (N-methyl/N-ethyl adjacent to an activating group) is 1. The largest absolute Gasteiger partial charge is 0.349 e. The quantitative estimate of drug-likeness (QED) is 0.711. The van der Waals surface area contributed by atoms with Gasteiger partial charge in [0.05, 0.1) is 0 Å². The zero-order valence-electron chi connectivity index (χ0n) is 18.9. The zero-order valence-corrected chi connectivity index (χ0v) is 19.7. The van der Waals surface area contributed by atoms with Crippen LogP contribution in [0.15, 0.2) is 41.3 Å². The van der Waals surface area contributed by atoms with Crippen molar-refractivity contribution in [2.24, 2.45) is 0 Å². The molecule has 0 spiro atoms. The molecule has 168 valence electrons. The summed E-state index contributed by atoms with van der Waals surface area (Å²) in [6, 6.07) is 9.82. The standard InChI is InChI=1S/C24H33ClN4O2/c1-17-9-14-29(18(2)15-27(3)4)24(31)22(17)23(30)26-20-10-12-28(13-11-20)16-19-7-5-6-8-21(19)25/h5-9,14,18,20H,10-13,15-16H2,1-4H3,(H,26,30). The molecule has 0 aliphatic carbocycles. The maximum atomic E-state index is 13.0. The van der Waals surface area contributed by atoms with E-state index in [-0.39, 0.29) is 29.1 Å². The summed E-state index contributed by atoms with van der Waals surface area (Å²) in [6.45, 7) is 7.12. The minimum absolute atomic E-state index is 0.0114. The lowest BCUT2D eigenvalue weighted by Gasteiger charge is -2.32. The Morgan fingerprint density at radius 2 is 1.90 bits per heavy atom. The van der Waals surface area contributed by atoms with E-state index in [0.717, 1.165) is 49.6 Å². The molecule has 1 amide bonds. The fraction of sp³-hybridized carbons (Fsp3) is 0.500. The summed E-state index contributed by atoms with van der Waals surface area (Å²) in [7, 11) is 3.95. The molecule has 0 bridgehead atoms. The number of hydrogen-bond acceptors (Lipinski definition) is 4. The second-order valence-electron chi connectivity index (χ2n) is 8.81. The number of hydrogen-bond donors (Lipinski definition) is 1. The number of nitrogens with zero attached hydrogens (tertiary/aromatic N) is 3. The lowest BCUT2D eigenvalue weighted by molar-refractivity contribution is 0.0906. The van der Waals surface area contributed by atoms with Gasteiger partial charge in [0, 0.05) is 49.5 Å². The second-order valence-corrected chi connectivity index (χ2v) is 9.22. The molecule has 2 aromatic rings. The van der Waals surface area contributed by atoms with Crippen molar-refractivity contribution in [3.63, 3.8) is 0 Å². The Balaban J connectivity index is 1.62. The Labute approximate surface area is 189 Å². The SMILES string of the molecule is Cc1ccn(C(C)CN(C)C)c(=O)c1C(=O)NC1CCN(Cc2ccccc2Cl)CC1. The average molecular weight is 445 g/mol. The third-order valence-corrected chi connectivity index (χ3v) is 6.30. The normalized spacial score (nSPS) is 16.5. The number of nitrogens with one attached hydrogen (secondary N) is 1. The van der Waals surface area contributed by atoms with Crippen LogP contribution >= 0.6 is 11.6 Å². The number of aromatic nitrogens is 1. The van der Waals surface area contributed by atoms with E-state index in [9.17, 15) is 9.59 Å². The third kappa shape index (κ3) is 5.97. The summed E-state index contributed by atoms with van der Waals surface area (Å²) < 4.78 is 1.66. The van der Waals surface area contributed by atoms with E-state index in [1.54, 1.807) is 10.8 Å². The lowest BCUT2D eigenvalue weighted by atomic mass is 10.0. The van der Waals surface area contributed by atoms with E-state index in [1.165, 1.54) is 0 Å². The predicted molar refractivity (Wildman–Crippen MR) is 126 cm³/mol. The first-order chi connectivity index (χ1) is 14.8. The summed E-state index contributed by atoms with van der Waals surface area (Å²) in [5.41, 5.74) is 1.88. The van der Waals surface area contributed by atoms with Crippen molar-refractivity contribution in [2.75, 3.05) is 33.7 Å². The van der Waals surface area contributed by atoms with Crippen molar-refractivity contribution in [1.82, 2.24) is 19.7 Å². The number of carbonyl (C=O) groups excluding carboxylic acids is 1. The highest BCUT2D eigenvalue weighted by Gasteiger charge is 2.24. The Morgan fingerprint density at radius 1 is 1.23 bits per heavy atom. The van der Waals surface area contributed by atoms with Gasteiger partial charge in [0.25, 0.3) is 11.5 Å². The average Bonchev–Trinajstić information content (AvgIpc) is 2.70. The summed E-state index contributed by atoms with van der Waals surface area (Å²) in [4.78, 5) is 30.4. The van der Waals surface area contributed by atoms with E-state index in [0.29, 0.717) is 5.56 Å². The Morgan fingerprint density at radius 3 is 2.55 bits per heavy atom. The highest BCUT2D eigenvalue weighted by atomic mass is 35.5. The van der Waals surface area contributed by atoms with E-state index in [4.69, 9.17) is 11.6 Å². The van der Waals surface area contributed by atoms with Gasteiger partial charge in [-0.25, -0.2) is 0 Å². The lowest BCUT2D eigenvalue weighted by Crippen LogP contribution is -2.46. The van der Waals surface area contributed by atoms with Gasteiger partial charge in [-0.2, -0.15) is 0 Å². The summed E-state index contributed by atoms with van der Waals surface area (Å²) in [6.07, 6.45) is 3.50. The molecule has 1 N–H and O–H groups in total. The van der Waals surface area contributed by atoms with Crippen molar-refractivity contribution in [3.05, 3.63) is 68.6 Å². The van der Waals surface area contributed by atoms with E-state index in [1.807, 2.05) is 57.1 Å². The number of rotatable bonds is 7. The van der Waals surface area contributed by atoms with Gasteiger partial charge in [0.2, 0.25) is 0 Å². The van der Waals surface area contributed by atoms with Gasteiger partial charge in [-0.05, 0) is 64.0 Å². The molecule has 1 aliphatic rings. The van der Waals surface area contributed by atoms with Gasteiger partial charge >= 0.3 is 0 Å². The van der Waals surface area contributed by atoms with Crippen LogP contribution in [0.2, 0.25) is 5.02 Å². The zero-order chi connectivity index (χ0) is 22.5. The van der Waals surface area contributed by atoms with Crippen molar-refractivity contribution in [3.8, 4) is 0 Å². The van der Waals surface area contributed by atoms with Crippen LogP contribution in [-0.2, 0) is 6.54 Å². The third-order valence-electron chi connectivity index (χ3n) is 5.93. The molecule has 1 fully saturated rings. The van der Waals surface area contributed by atoms with Crippen LogP contribution < -0.4 is 10.9 Å². The maximum absolute atomic E-state index is 13.0. The van der Waals surface area contributed by atoms with E-state index >= 15 is 0 Å². The van der Waals surface area contributed by atoms with Crippen LogP contribution in [0.3, 0.4) is 0 Å². The molecular weight excluding hydrogens is 412 g/mol. The van der Waals surface area contributed by atoms with Crippen molar-refractivity contribution >= 4 is 17.5 Å². The summed E-state index contributed by atoms with van der Waals surface area (Å²) in [5.74, 6) is -0.265. The van der Waals surface area contributed by atoms with Crippen LogP contribution in [0.25, 0.3) is 0 Å². The van der Waals surface area contributed by atoms with Crippen LogP contribution in [0.4, 0.5) is 0 Å². The minimum Gasteiger partial charge on any atom is -0.349 e. The van der Waals surface area contributed by atoms with Crippen LogP contribution in [0.5, 0.6) is 0 Å². The van der Waals surface area contributed by atoms with Crippen LogP contribution in [0, 0.1) is 6.92 Å². The molecule has 0 radical (unpaired) electrons. The van der Waals surface area contributed by atoms with Gasteiger partial charge in [-0.1, -0.05) is 29.8 Å². The number of piperidine rings is 1. The first-order valence-electron chi connectivity index (χ1n) is 10.9. The van der Waals surface area contributed by atoms with Gasteiger partial charge < -0.3 is 14.8 Å². The summed E-state index contributed by atoms with van der Waals surface area (Å²) in [5, 5.41) is 3.89. The highest BCUT2D eigenvalue weighted by Crippen LogP contribution is 2.20. The second kappa shape index (κ2) is 10.4. The van der Waals surface area contributed by atoms with Crippen LogP contribution in [-0.4, -0.2) is 60.0 Å². The smallest absolute Gasteiger partial charge is 0.263 e. The number of pyridine rings is 1. The van der Waals surface area contributed by atoms with Crippen molar-refractivity contribution in [2.45, 2.75) is 45.3 Å². The molecule has 1 atom stereocenters. The number of halogens is 1. The predicted octanol–water partition coefficient (Wildman–Crippen LogP) is 3.33. The molecule has 1 aromatic heterocycles. The Kier molecular flexibility index (Phi) is 7.92. The molecule has 1 aromatic carbocycles. The van der Waals surface area contributed by atoms with Gasteiger partial charge in [-0.15, -0.1) is 0 Å². The highest BCUT2D eigenvalue weighted by molar-refractivity contribution is 6.31. The molecule has 1 unspecified atom stereocenters. The fourth-order valence-electron chi connectivity index (χ4n) is 4.24. The van der Waals surface area contributed by atoms with Crippen LogP contribution in [0.1, 0.15) is 47.3 Å². The molecular formula is C24H33ClN4O2. The van der Waals surface area contributed by atoms with E-state index in [2.05, 4.69) is 16.3 Å². The monoisotopic (exact) mass is 444 g/mol. The maximum Gasteiger partial charge on any atom is 0.263 e. The molecule has 2 heterocycles. The Bertz CT molecular complexity index is 964. The fourth-order valence-corrected chi connectivity index (χ4v) is 4.44. The molecule has 0 saturated carbocycles. The van der Waals surface area contributed by atoms with Crippen molar-refractivity contribution < 1.29 is 4.79 Å². The van der Waals surface area contributed by atoms with E-state index < -0.39 is 0 Å². The number of likely N-dealkylation sites (tertiary alicyclic amines) is 1. The van der Waals surface area contributed by atoms with Gasteiger partial charge in [-0.3, -0.25) is 14.5 Å². The molecule has 1 aliphatic heterocycles. The molecule has 6 nitrogen and oxygen atoms in total. The number of benzene rings is 1. The number of aryl methyl sites for hydroxylation is 1. The van der Waals surface area contributed by atoms with Gasteiger partial charge in [0.1, 0.15) is 5.56 Å². The first-order valence-corrected chi connectivity index (χ1v) is 11.3. The molecule has 7 heteroatoms. The summed E-state index contributed by atoms with van der Waals surface area (Å²) >= 11 is 6.28.